The first-order chi connectivity index (χ1) is 11.9. The van der Waals surface area contributed by atoms with Gasteiger partial charge in [-0.1, -0.05) is 29.8 Å². The van der Waals surface area contributed by atoms with Gasteiger partial charge in [-0.15, -0.1) is 0 Å². The van der Waals surface area contributed by atoms with E-state index in [1.54, 1.807) is 21.6 Å². The van der Waals surface area contributed by atoms with Gasteiger partial charge in [0.05, 0.1) is 5.92 Å². The fraction of sp³-hybridized carbons (Fsp3) is 0.526. The molecule has 0 aliphatic carbocycles. The number of likely N-dealkylation sites (tertiary alicyclic amines) is 1. The zero-order valence-corrected chi connectivity index (χ0v) is 14.9. The highest BCUT2D eigenvalue weighted by molar-refractivity contribution is 5.89. The molecule has 25 heavy (non-hydrogen) atoms. The summed E-state index contributed by atoms with van der Waals surface area (Å²) < 4.78 is 0. The average molecular weight is 343 g/mol. The van der Waals surface area contributed by atoms with Crippen LogP contribution >= 0.6 is 0 Å². The molecular weight excluding hydrogens is 318 g/mol. The lowest BCUT2D eigenvalue weighted by molar-refractivity contribution is -0.141. The molecule has 2 fully saturated rings. The number of piperazine rings is 1. The number of hydrogen-bond donors (Lipinski definition) is 0. The molecule has 6 nitrogen and oxygen atoms in total. The standard InChI is InChI=1S/C19H25N3O3/c1-14-3-5-16(6-4-14)12-22-13-17(11-18(22)24)19(25)21-9-7-20(8-10-21)15(2)23/h3-6,17H,7-13H2,1-2H3. The minimum absolute atomic E-state index is 0.0429. The fourth-order valence-electron chi connectivity index (χ4n) is 3.50. The van der Waals surface area contributed by atoms with E-state index in [-0.39, 0.29) is 30.1 Å². The Hall–Kier alpha value is -2.37. The summed E-state index contributed by atoms with van der Waals surface area (Å²) in [6.45, 7) is 6.90. The van der Waals surface area contributed by atoms with E-state index in [0.29, 0.717) is 39.3 Å². The zero-order valence-electron chi connectivity index (χ0n) is 14.9. The number of carbonyl (C=O) groups excluding carboxylic acids is 3. The summed E-state index contributed by atoms with van der Waals surface area (Å²) in [5, 5.41) is 0. The molecular formula is C19H25N3O3. The van der Waals surface area contributed by atoms with Crippen molar-refractivity contribution in [1.82, 2.24) is 14.7 Å². The third-order valence-electron chi connectivity index (χ3n) is 5.09. The van der Waals surface area contributed by atoms with Crippen LogP contribution in [-0.2, 0) is 20.9 Å². The summed E-state index contributed by atoms with van der Waals surface area (Å²) in [6.07, 6.45) is 0.289. The third-order valence-corrected chi connectivity index (χ3v) is 5.09. The summed E-state index contributed by atoms with van der Waals surface area (Å²) in [4.78, 5) is 41.7. The largest absolute Gasteiger partial charge is 0.339 e. The van der Waals surface area contributed by atoms with Crippen molar-refractivity contribution in [2.45, 2.75) is 26.8 Å². The number of amides is 3. The molecule has 1 atom stereocenters. The molecule has 1 aromatic carbocycles. The average Bonchev–Trinajstić information content (AvgIpc) is 2.97. The van der Waals surface area contributed by atoms with Gasteiger partial charge in [-0.25, -0.2) is 0 Å². The fourth-order valence-corrected chi connectivity index (χ4v) is 3.50. The van der Waals surface area contributed by atoms with Gasteiger partial charge in [-0.3, -0.25) is 14.4 Å². The smallest absolute Gasteiger partial charge is 0.228 e. The maximum Gasteiger partial charge on any atom is 0.228 e. The van der Waals surface area contributed by atoms with Gasteiger partial charge in [-0.05, 0) is 12.5 Å². The van der Waals surface area contributed by atoms with Crippen LogP contribution in [0, 0.1) is 12.8 Å². The van der Waals surface area contributed by atoms with Crippen molar-refractivity contribution in [3.63, 3.8) is 0 Å². The highest BCUT2D eigenvalue weighted by atomic mass is 16.2. The Balaban J connectivity index is 1.56. The van der Waals surface area contributed by atoms with Crippen LogP contribution in [0.15, 0.2) is 24.3 Å². The second kappa shape index (κ2) is 7.25. The van der Waals surface area contributed by atoms with E-state index in [4.69, 9.17) is 0 Å². The van der Waals surface area contributed by atoms with Gasteiger partial charge in [0, 0.05) is 52.6 Å². The number of nitrogens with zero attached hydrogens (tertiary/aromatic N) is 3. The van der Waals surface area contributed by atoms with Crippen molar-refractivity contribution in [3.8, 4) is 0 Å². The van der Waals surface area contributed by atoms with Crippen molar-refractivity contribution in [3.05, 3.63) is 35.4 Å². The Morgan fingerprint density at radius 1 is 1.04 bits per heavy atom. The van der Waals surface area contributed by atoms with E-state index in [1.165, 1.54) is 5.56 Å². The molecule has 2 saturated heterocycles. The van der Waals surface area contributed by atoms with Crippen LogP contribution in [0.5, 0.6) is 0 Å². The topological polar surface area (TPSA) is 60.9 Å². The van der Waals surface area contributed by atoms with Crippen LogP contribution in [-0.4, -0.2) is 65.1 Å². The second-order valence-electron chi connectivity index (χ2n) is 6.99. The summed E-state index contributed by atoms with van der Waals surface area (Å²) in [6, 6.07) is 8.12. The highest BCUT2D eigenvalue weighted by Crippen LogP contribution is 2.23. The Morgan fingerprint density at radius 2 is 1.64 bits per heavy atom. The van der Waals surface area contributed by atoms with E-state index in [2.05, 4.69) is 0 Å². The van der Waals surface area contributed by atoms with Crippen molar-refractivity contribution in [1.29, 1.82) is 0 Å². The molecule has 0 saturated carbocycles. The van der Waals surface area contributed by atoms with Crippen LogP contribution in [0.2, 0.25) is 0 Å². The van der Waals surface area contributed by atoms with E-state index in [1.807, 2.05) is 31.2 Å². The molecule has 1 aromatic rings. The molecule has 3 amide bonds. The van der Waals surface area contributed by atoms with Gasteiger partial charge in [-0.2, -0.15) is 0 Å². The maximum absolute atomic E-state index is 12.7. The molecule has 3 rings (SSSR count). The van der Waals surface area contributed by atoms with Gasteiger partial charge in [0.2, 0.25) is 17.7 Å². The molecule has 2 heterocycles. The van der Waals surface area contributed by atoms with Crippen molar-refractivity contribution in [2.75, 3.05) is 32.7 Å². The Kier molecular flexibility index (Phi) is 5.06. The van der Waals surface area contributed by atoms with E-state index < -0.39 is 0 Å². The van der Waals surface area contributed by atoms with E-state index in [0.717, 1.165) is 5.56 Å². The van der Waals surface area contributed by atoms with Crippen LogP contribution in [0.1, 0.15) is 24.5 Å². The number of carbonyl (C=O) groups is 3. The van der Waals surface area contributed by atoms with Crippen LogP contribution in [0.4, 0.5) is 0 Å². The van der Waals surface area contributed by atoms with Crippen molar-refractivity contribution < 1.29 is 14.4 Å². The SMILES string of the molecule is CC(=O)N1CCN(C(=O)C2CC(=O)N(Cc3ccc(C)cc3)C2)CC1. The Labute approximate surface area is 148 Å². The lowest BCUT2D eigenvalue weighted by atomic mass is 10.1. The molecule has 0 aromatic heterocycles. The first-order valence-electron chi connectivity index (χ1n) is 8.81. The first-order valence-corrected chi connectivity index (χ1v) is 8.81. The van der Waals surface area contributed by atoms with E-state index in [9.17, 15) is 14.4 Å². The summed E-state index contributed by atoms with van der Waals surface area (Å²) >= 11 is 0. The number of aryl methyl sites for hydroxylation is 1. The lowest BCUT2D eigenvalue weighted by Gasteiger charge is -2.35. The quantitative estimate of drug-likeness (QED) is 0.824. The first kappa shape index (κ1) is 17.5. The van der Waals surface area contributed by atoms with Gasteiger partial charge in [0.25, 0.3) is 0 Å². The molecule has 0 bridgehead atoms. The van der Waals surface area contributed by atoms with Crippen LogP contribution < -0.4 is 0 Å². The molecule has 134 valence electrons. The number of benzene rings is 1. The van der Waals surface area contributed by atoms with Gasteiger partial charge in [0.1, 0.15) is 0 Å². The summed E-state index contributed by atoms with van der Waals surface area (Å²) in [5.41, 5.74) is 2.27. The van der Waals surface area contributed by atoms with E-state index >= 15 is 0 Å². The molecule has 0 spiro atoms. The normalized spacial score (nSPS) is 21.0. The molecule has 0 radical (unpaired) electrons. The summed E-state index contributed by atoms with van der Waals surface area (Å²) in [5.74, 6) is -0.126. The van der Waals surface area contributed by atoms with Crippen molar-refractivity contribution >= 4 is 17.7 Å². The molecule has 2 aliphatic heterocycles. The Morgan fingerprint density at radius 3 is 2.24 bits per heavy atom. The van der Waals surface area contributed by atoms with Gasteiger partial charge < -0.3 is 14.7 Å². The lowest BCUT2D eigenvalue weighted by Crippen LogP contribution is -2.51. The minimum atomic E-state index is -0.262. The number of hydrogen-bond acceptors (Lipinski definition) is 3. The van der Waals surface area contributed by atoms with Crippen LogP contribution in [0.25, 0.3) is 0 Å². The predicted molar refractivity (Wildman–Crippen MR) is 93.5 cm³/mol. The molecule has 0 N–H and O–H groups in total. The Bertz CT molecular complexity index is 663. The number of rotatable bonds is 3. The molecule has 2 aliphatic rings. The monoisotopic (exact) mass is 343 g/mol. The summed E-state index contributed by atoms with van der Waals surface area (Å²) in [7, 11) is 0. The molecule has 1 unspecified atom stereocenters. The highest BCUT2D eigenvalue weighted by Gasteiger charge is 2.37. The molecule has 6 heteroatoms. The predicted octanol–water partition coefficient (Wildman–Crippen LogP) is 1.03. The zero-order chi connectivity index (χ0) is 18.0. The van der Waals surface area contributed by atoms with Gasteiger partial charge in [0.15, 0.2) is 0 Å². The third kappa shape index (κ3) is 4.00. The van der Waals surface area contributed by atoms with Gasteiger partial charge >= 0.3 is 0 Å². The second-order valence-corrected chi connectivity index (χ2v) is 6.99. The van der Waals surface area contributed by atoms with Crippen LogP contribution in [0.3, 0.4) is 0 Å². The maximum atomic E-state index is 12.7. The van der Waals surface area contributed by atoms with Crippen molar-refractivity contribution in [2.24, 2.45) is 5.92 Å². The minimum Gasteiger partial charge on any atom is -0.339 e.